The third-order valence-electron chi connectivity index (χ3n) is 3.87. The summed E-state index contributed by atoms with van der Waals surface area (Å²) in [4.78, 5) is 37.5. The minimum Gasteiger partial charge on any atom is -0.496 e. The molecule has 1 fully saturated rings. The van der Waals surface area contributed by atoms with Crippen LogP contribution in [0.1, 0.15) is 6.92 Å². The van der Waals surface area contributed by atoms with Crippen LogP contribution in [0.4, 0.5) is 10.5 Å². The Bertz CT molecular complexity index is 672. The van der Waals surface area contributed by atoms with E-state index in [4.69, 9.17) is 14.2 Å². The van der Waals surface area contributed by atoms with Gasteiger partial charge in [0.15, 0.2) is 12.4 Å². The molecular weight excluding hydrogens is 346 g/mol. The summed E-state index contributed by atoms with van der Waals surface area (Å²) in [6, 6.07) is 4.14. The maximum Gasteiger partial charge on any atom is 0.409 e. The zero-order valence-corrected chi connectivity index (χ0v) is 14.7. The summed E-state index contributed by atoms with van der Waals surface area (Å²) in [6.07, 6.45) is -0.398. The minimum atomic E-state index is -0.597. The molecule has 2 rings (SSSR count). The van der Waals surface area contributed by atoms with Gasteiger partial charge in [0.1, 0.15) is 5.75 Å². The highest BCUT2D eigenvalue weighted by atomic mass is 16.6. The predicted octanol–water partition coefficient (Wildman–Crippen LogP) is 1.28. The number of piperazine rings is 1. The topological polar surface area (TPSA) is 111 Å². The predicted molar refractivity (Wildman–Crippen MR) is 90.3 cm³/mol. The molecule has 142 valence electrons. The highest BCUT2D eigenvalue weighted by Crippen LogP contribution is 2.31. The Morgan fingerprint density at radius 1 is 1.19 bits per heavy atom. The second-order valence-electron chi connectivity index (χ2n) is 5.45. The molecule has 0 unspecified atom stereocenters. The van der Waals surface area contributed by atoms with E-state index in [1.807, 2.05) is 0 Å². The number of benzene rings is 1. The van der Waals surface area contributed by atoms with Crippen molar-refractivity contribution >= 4 is 17.7 Å². The molecule has 10 heteroatoms. The Kier molecular flexibility index (Phi) is 6.59. The number of rotatable bonds is 6. The van der Waals surface area contributed by atoms with Crippen molar-refractivity contribution in [3.8, 4) is 11.5 Å². The number of hydrogen-bond donors (Lipinski definition) is 0. The summed E-state index contributed by atoms with van der Waals surface area (Å²) in [5.74, 6) is 0.0124. The zero-order valence-electron chi connectivity index (χ0n) is 14.7. The maximum atomic E-state index is 12.2. The van der Waals surface area contributed by atoms with E-state index in [1.165, 1.54) is 30.2 Å². The van der Waals surface area contributed by atoms with E-state index in [2.05, 4.69) is 0 Å². The lowest BCUT2D eigenvalue weighted by Gasteiger charge is -2.33. The zero-order chi connectivity index (χ0) is 19.1. The van der Waals surface area contributed by atoms with Crippen molar-refractivity contribution in [2.45, 2.75) is 6.92 Å². The molecule has 0 atom stereocenters. The standard InChI is InChI=1S/C16H21N3O7/c1-3-25-16(21)18-8-6-17(7-9-18)15(20)11-26-14-5-4-12(24-2)10-13(14)19(22)23/h4-5,10H,3,6-9,11H2,1-2H3. The van der Waals surface area contributed by atoms with E-state index in [0.29, 0.717) is 38.5 Å². The van der Waals surface area contributed by atoms with Crippen LogP contribution in [0.2, 0.25) is 0 Å². The Morgan fingerprint density at radius 2 is 1.85 bits per heavy atom. The van der Waals surface area contributed by atoms with Gasteiger partial charge in [-0.3, -0.25) is 14.9 Å². The van der Waals surface area contributed by atoms with Crippen LogP contribution in [-0.2, 0) is 9.53 Å². The highest BCUT2D eigenvalue weighted by molar-refractivity contribution is 5.78. The Labute approximate surface area is 150 Å². The smallest absolute Gasteiger partial charge is 0.409 e. The van der Waals surface area contributed by atoms with Crippen molar-refractivity contribution in [3.63, 3.8) is 0 Å². The SMILES string of the molecule is CCOC(=O)N1CCN(C(=O)COc2ccc(OC)cc2[N+](=O)[O-])CC1. The van der Waals surface area contributed by atoms with Crippen LogP contribution in [-0.4, -0.2) is 73.2 Å². The number of ether oxygens (including phenoxy) is 3. The first-order chi connectivity index (χ1) is 12.5. The second kappa shape index (κ2) is 8.88. The first-order valence-corrected chi connectivity index (χ1v) is 8.11. The van der Waals surface area contributed by atoms with E-state index >= 15 is 0 Å². The van der Waals surface area contributed by atoms with Crippen LogP contribution in [0, 0.1) is 10.1 Å². The molecule has 1 saturated heterocycles. The molecule has 2 amide bonds. The maximum absolute atomic E-state index is 12.2. The van der Waals surface area contributed by atoms with Crippen molar-refractivity contribution in [1.82, 2.24) is 9.80 Å². The lowest BCUT2D eigenvalue weighted by molar-refractivity contribution is -0.385. The van der Waals surface area contributed by atoms with E-state index < -0.39 is 11.0 Å². The van der Waals surface area contributed by atoms with Crippen molar-refractivity contribution in [3.05, 3.63) is 28.3 Å². The molecule has 0 N–H and O–H groups in total. The van der Waals surface area contributed by atoms with Gasteiger partial charge in [-0.15, -0.1) is 0 Å². The number of carbonyl (C=O) groups excluding carboxylic acids is 2. The Balaban J connectivity index is 1.90. The summed E-state index contributed by atoms with van der Waals surface area (Å²) in [6.45, 7) is 3.14. The minimum absolute atomic E-state index is 0.00527. The number of nitro groups is 1. The summed E-state index contributed by atoms with van der Waals surface area (Å²) >= 11 is 0. The van der Waals surface area contributed by atoms with Crippen LogP contribution >= 0.6 is 0 Å². The van der Waals surface area contributed by atoms with Crippen molar-refractivity contribution in [1.29, 1.82) is 0 Å². The van der Waals surface area contributed by atoms with Crippen LogP contribution in [0.15, 0.2) is 18.2 Å². The van der Waals surface area contributed by atoms with Crippen LogP contribution in [0.25, 0.3) is 0 Å². The molecule has 0 radical (unpaired) electrons. The molecule has 10 nitrogen and oxygen atoms in total. The van der Waals surface area contributed by atoms with Gasteiger partial charge >= 0.3 is 11.8 Å². The summed E-state index contributed by atoms with van der Waals surface area (Å²) < 4.78 is 15.2. The van der Waals surface area contributed by atoms with Crippen LogP contribution in [0.5, 0.6) is 11.5 Å². The summed E-state index contributed by atoms with van der Waals surface area (Å²) in [7, 11) is 1.40. The first-order valence-electron chi connectivity index (χ1n) is 8.11. The molecule has 0 bridgehead atoms. The molecule has 1 aromatic carbocycles. The van der Waals surface area contributed by atoms with E-state index in [9.17, 15) is 19.7 Å². The molecule has 0 aromatic heterocycles. The molecule has 0 saturated carbocycles. The van der Waals surface area contributed by atoms with Gasteiger partial charge in [0.05, 0.1) is 24.7 Å². The number of methoxy groups -OCH3 is 1. The average Bonchev–Trinajstić information content (AvgIpc) is 2.66. The number of nitro benzene ring substituents is 1. The normalized spacial score (nSPS) is 13.9. The average molecular weight is 367 g/mol. The van der Waals surface area contributed by atoms with Gasteiger partial charge < -0.3 is 24.0 Å². The fraction of sp³-hybridized carbons (Fsp3) is 0.500. The number of carbonyl (C=O) groups is 2. The van der Waals surface area contributed by atoms with E-state index in [-0.39, 0.29) is 24.0 Å². The lowest BCUT2D eigenvalue weighted by atomic mass is 10.3. The Morgan fingerprint density at radius 3 is 2.42 bits per heavy atom. The fourth-order valence-corrected chi connectivity index (χ4v) is 2.47. The summed E-state index contributed by atoms with van der Waals surface area (Å²) in [5.41, 5.74) is -0.274. The third kappa shape index (κ3) is 4.74. The molecule has 1 heterocycles. The van der Waals surface area contributed by atoms with Gasteiger partial charge in [-0.2, -0.15) is 0 Å². The first kappa shape index (κ1) is 19.3. The number of hydrogen-bond acceptors (Lipinski definition) is 7. The molecule has 26 heavy (non-hydrogen) atoms. The fourth-order valence-electron chi connectivity index (χ4n) is 2.47. The Hall–Kier alpha value is -3.04. The number of amides is 2. The van der Waals surface area contributed by atoms with Gasteiger partial charge in [0.2, 0.25) is 0 Å². The largest absolute Gasteiger partial charge is 0.496 e. The third-order valence-corrected chi connectivity index (χ3v) is 3.87. The van der Waals surface area contributed by atoms with Crippen molar-refractivity contribution in [2.75, 3.05) is 46.5 Å². The molecule has 1 aliphatic heterocycles. The lowest BCUT2D eigenvalue weighted by Crippen LogP contribution is -2.51. The van der Waals surface area contributed by atoms with Gasteiger partial charge in [0, 0.05) is 26.2 Å². The number of nitrogens with zero attached hydrogens (tertiary/aromatic N) is 3. The second-order valence-corrected chi connectivity index (χ2v) is 5.45. The van der Waals surface area contributed by atoms with E-state index in [0.717, 1.165) is 0 Å². The van der Waals surface area contributed by atoms with Crippen molar-refractivity contribution in [2.24, 2.45) is 0 Å². The molecule has 1 aromatic rings. The summed E-state index contributed by atoms with van der Waals surface area (Å²) in [5, 5.41) is 11.1. The van der Waals surface area contributed by atoms with Crippen molar-refractivity contribution < 1.29 is 28.7 Å². The van der Waals surface area contributed by atoms with E-state index in [1.54, 1.807) is 11.8 Å². The van der Waals surface area contributed by atoms with Crippen LogP contribution < -0.4 is 9.47 Å². The van der Waals surface area contributed by atoms with Gasteiger partial charge in [-0.1, -0.05) is 0 Å². The van der Waals surface area contributed by atoms with Gasteiger partial charge in [-0.05, 0) is 19.1 Å². The van der Waals surface area contributed by atoms with Crippen LogP contribution in [0.3, 0.4) is 0 Å². The highest BCUT2D eigenvalue weighted by Gasteiger charge is 2.25. The molecule has 0 spiro atoms. The van der Waals surface area contributed by atoms with Gasteiger partial charge in [-0.25, -0.2) is 4.79 Å². The van der Waals surface area contributed by atoms with Gasteiger partial charge in [0.25, 0.3) is 5.91 Å². The monoisotopic (exact) mass is 367 g/mol. The molecule has 1 aliphatic rings. The molecule has 0 aliphatic carbocycles. The quantitative estimate of drug-likeness (QED) is 0.550. The molecular formula is C16H21N3O7.